The highest BCUT2D eigenvalue weighted by Crippen LogP contribution is 2.19. The topological polar surface area (TPSA) is 56.4 Å². The lowest BCUT2D eigenvalue weighted by molar-refractivity contribution is -0.139. The van der Waals surface area contributed by atoms with Gasteiger partial charge in [0.05, 0.1) is 6.54 Å². The van der Waals surface area contributed by atoms with E-state index in [1.54, 1.807) is 11.9 Å². The molecule has 24 heavy (non-hydrogen) atoms. The monoisotopic (exact) mass is 329 g/mol. The summed E-state index contributed by atoms with van der Waals surface area (Å²) < 4.78 is 0. The Kier molecular flexibility index (Phi) is 6.41. The number of carbonyl (C=O) groups is 2. The molecule has 0 fully saturated rings. The fourth-order valence-electron chi connectivity index (χ4n) is 2.93. The van der Waals surface area contributed by atoms with Crippen LogP contribution < -0.4 is 0 Å². The highest BCUT2D eigenvalue weighted by Gasteiger charge is 2.16. The van der Waals surface area contributed by atoms with Gasteiger partial charge in [0.25, 0.3) is 0 Å². The number of aromatic nitrogens is 1. The van der Waals surface area contributed by atoms with Crippen LogP contribution in [0.5, 0.6) is 0 Å². The molecule has 0 saturated carbocycles. The number of fused-ring (bicyclic) bond motifs is 1. The molecule has 0 bridgehead atoms. The molecule has 2 rings (SSSR count). The zero-order chi connectivity index (χ0) is 17.5. The number of carbonyl (C=O) groups excluding carboxylic acids is 2. The molecule has 0 unspecified atom stereocenters. The number of nitrogens with zero attached hydrogens (tertiary/aromatic N) is 2. The number of nitrogens with one attached hydrogen (secondary N) is 1. The summed E-state index contributed by atoms with van der Waals surface area (Å²) in [5.74, 6) is 0.0304. The van der Waals surface area contributed by atoms with Crippen molar-refractivity contribution in [3.05, 3.63) is 36.0 Å². The van der Waals surface area contributed by atoms with Gasteiger partial charge < -0.3 is 14.8 Å². The van der Waals surface area contributed by atoms with Crippen LogP contribution >= 0.6 is 0 Å². The highest BCUT2D eigenvalue weighted by atomic mass is 16.2. The van der Waals surface area contributed by atoms with Crippen molar-refractivity contribution >= 4 is 22.7 Å². The van der Waals surface area contributed by atoms with E-state index in [0.29, 0.717) is 19.5 Å². The van der Waals surface area contributed by atoms with E-state index in [-0.39, 0.29) is 18.4 Å². The Hall–Kier alpha value is -2.30. The first-order chi connectivity index (χ1) is 11.6. The van der Waals surface area contributed by atoms with Gasteiger partial charge in [-0.3, -0.25) is 9.59 Å². The molecule has 1 aromatic carbocycles. The molecule has 0 atom stereocenters. The van der Waals surface area contributed by atoms with Crippen molar-refractivity contribution in [2.45, 2.75) is 33.1 Å². The minimum atomic E-state index is 0.00692. The minimum absolute atomic E-state index is 0.00692. The van der Waals surface area contributed by atoms with Crippen LogP contribution in [0.25, 0.3) is 10.9 Å². The van der Waals surface area contributed by atoms with E-state index in [0.717, 1.165) is 18.4 Å². The quantitative estimate of drug-likeness (QED) is 0.809. The molecule has 2 aromatic rings. The lowest BCUT2D eigenvalue weighted by Gasteiger charge is -2.23. The van der Waals surface area contributed by atoms with Crippen molar-refractivity contribution in [3.8, 4) is 0 Å². The van der Waals surface area contributed by atoms with Crippen molar-refractivity contribution in [3.63, 3.8) is 0 Å². The van der Waals surface area contributed by atoms with Crippen LogP contribution in [0.3, 0.4) is 0 Å². The van der Waals surface area contributed by atoms with E-state index < -0.39 is 0 Å². The molecule has 0 radical (unpaired) electrons. The van der Waals surface area contributed by atoms with E-state index in [4.69, 9.17) is 0 Å². The summed E-state index contributed by atoms with van der Waals surface area (Å²) in [6, 6.07) is 8.18. The maximum Gasteiger partial charge on any atom is 0.242 e. The summed E-state index contributed by atoms with van der Waals surface area (Å²) in [5.41, 5.74) is 2.36. The molecule has 2 amide bonds. The van der Waals surface area contributed by atoms with Gasteiger partial charge in [0.1, 0.15) is 0 Å². The van der Waals surface area contributed by atoms with E-state index in [2.05, 4.69) is 17.1 Å². The molecule has 0 aliphatic heterocycles. The minimum Gasteiger partial charge on any atom is -0.361 e. The molecule has 1 N–H and O–H groups in total. The van der Waals surface area contributed by atoms with Gasteiger partial charge in [-0.25, -0.2) is 0 Å². The summed E-state index contributed by atoms with van der Waals surface area (Å²) in [6.07, 6.45) is 4.11. The van der Waals surface area contributed by atoms with Crippen molar-refractivity contribution < 1.29 is 9.59 Å². The third kappa shape index (κ3) is 4.37. The number of benzene rings is 1. The second-order valence-electron chi connectivity index (χ2n) is 6.03. The maximum absolute atomic E-state index is 12.2. The van der Waals surface area contributed by atoms with Gasteiger partial charge in [0.2, 0.25) is 11.8 Å². The summed E-state index contributed by atoms with van der Waals surface area (Å²) in [5, 5.41) is 1.22. The summed E-state index contributed by atoms with van der Waals surface area (Å²) in [4.78, 5) is 30.8. The van der Waals surface area contributed by atoms with E-state index in [1.165, 1.54) is 15.8 Å². The van der Waals surface area contributed by atoms with Crippen molar-refractivity contribution in [1.29, 1.82) is 0 Å². The number of para-hydroxylation sites is 1. The van der Waals surface area contributed by atoms with Gasteiger partial charge in [0.15, 0.2) is 0 Å². The first-order valence-electron chi connectivity index (χ1n) is 8.63. The van der Waals surface area contributed by atoms with Gasteiger partial charge in [-0.2, -0.15) is 0 Å². The Labute approximate surface area is 143 Å². The van der Waals surface area contributed by atoms with Crippen LogP contribution in [0.4, 0.5) is 0 Å². The largest absolute Gasteiger partial charge is 0.361 e. The number of H-pyrrole nitrogens is 1. The van der Waals surface area contributed by atoms with E-state index >= 15 is 0 Å². The molecule has 5 heteroatoms. The number of amides is 2. The molecule has 1 heterocycles. The number of aryl methyl sites for hydroxylation is 1. The first-order valence-corrected chi connectivity index (χ1v) is 8.63. The summed E-state index contributed by atoms with van der Waals surface area (Å²) in [6.45, 7) is 5.41. The number of hydrogen-bond acceptors (Lipinski definition) is 2. The molecule has 0 aliphatic rings. The zero-order valence-electron chi connectivity index (χ0n) is 14.8. The van der Waals surface area contributed by atoms with Crippen LogP contribution in [0.2, 0.25) is 0 Å². The van der Waals surface area contributed by atoms with Gasteiger partial charge in [-0.15, -0.1) is 0 Å². The zero-order valence-corrected chi connectivity index (χ0v) is 14.8. The SMILES string of the molecule is CCN(CC)C(=O)CN(C)C(=O)CCCc1c[nH]c2ccccc12. The number of likely N-dealkylation sites (N-methyl/N-ethyl adjacent to an activating group) is 2. The number of aromatic amines is 1. The van der Waals surface area contributed by atoms with Crippen molar-refractivity contribution in [2.75, 3.05) is 26.7 Å². The van der Waals surface area contributed by atoms with E-state index in [1.807, 2.05) is 32.2 Å². The first kappa shape index (κ1) is 18.0. The third-order valence-electron chi connectivity index (χ3n) is 4.43. The van der Waals surface area contributed by atoms with E-state index in [9.17, 15) is 9.59 Å². The van der Waals surface area contributed by atoms with Crippen LogP contribution in [0.1, 0.15) is 32.3 Å². The Morgan fingerprint density at radius 1 is 1.08 bits per heavy atom. The fraction of sp³-hybridized carbons (Fsp3) is 0.474. The molecule has 1 aromatic heterocycles. The molecule has 0 spiro atoms. The van der Waals surface area contributed by atoms with Crippen molar-refractivity contribution in [2.24, 2.45) is 0 Å². The van der Waals surface area contributed by atoms with Crippen LogP contribution in [-0.4, -0.2) is 53.3 Å². The van der Waals surface area contributed by atoms with Crippen LogP contribution in [-0.2, 0) is 16.0 Å². The summed E-state index contributed by atoms with van der Waals surface area (Å²) >= 11 is 0. The molecular weight excluding hydrogens is 302 g/mol. The Bertz CT molecular complexity index is 689. The predicted molar refractivity (Wildman–Crippen MR) is 96.8 cm³/mol. The second kappa shape index (κ2) is 8.52. The predicted octanol–water partition coefficient (Wildman–Crippen LogP) is 2.82. The standard InChI is InChI=1S/C19H27N3O2/c1-4-22(5-2)19(24)14-21(3)18(23)12-8-9-15-13-20-17-11-7-6-10-16(15)17/h6-7,10-11,13,20H,4-5,8-9,12,14H2,1-3H3. The lowest BCUT2D eigenvalue weighted by Crippen LogP contribution is -2.40. The molecule has 0 saturated heterocycles. The summed E-state index contributed by atoms with van der Waals surface area (Å²) in [7, 11) is 1.70. The normalized spacial score (nSPS) is 10.8. The average molecular weight is 329 g/mol. The average Bonchev–Trinajstić information content (AvgIpc) is 2.99. The fourth-order valence-corrected chi connectivity index (χ4v) is 2.93. The molecular formula is C19H27N3O2. The van der Waals surface area contributed by atoms with Crippen LogP contribution in [0, 0.1) is 0 Å². The van der Waals surface area contributed by atoms with Gasteiger partial charge in [-0.1, -0.05) is 18.2 Å². The molecule has 0 aliphatic carbocycles. The van der Waals surface area contributed by atoms with Gasteiger partial charge >= 0.3 is 0 Å². The Morgan fingerprint density at radius 2 is 1.79 bits per heavy atom. The highest BCUT2D eigenvalue weighted by molar-refractivity contribution is 5.85. The molecule has 130 valence electrons. The second-order valence-corrected chi connectivity index (χ2v) is 6.03. The van der Waals surface area contributed by atoms with Crippen molar-refractivity contribution in [1.82, 2.24) is 14.8 Å². The Balaban J connectivity index is 1.81. The smallest absolute Gasteiger partial charge is 0.242 e. The third-order valence-corrected chi connectivity index (χ3v) is 4.43. The lowest BCUT2D eigenvalue weighted by atomic mass is 10.1. The number of rotatable bonds is 8. The van der Waals surface area contributed by atoms with Gasteiger partial charge in [0, 0.05) is 43.7 Å². The number of hydrogen-bond donors (Lipinski definition) is 1. The van der Waals surface area contributed by atoms with Crippen LogP contribution in [0.15, 0.2) is 30.5 Å². The maximum atomic E-state index is 12.2. The van der Waals surface area contributed by atoms with Gasteiger partial charge in [-0.05, 0) is 38.3 Å². The Morgan fingerprint density at radius 3 is 2.50 bits per heavy atom. The molecule has 5 nitrogen and oxygen atoms in total.